The highest BCUT2D eigenvalue weighted by atomic mass is 127. The molecule has 1 aromatic carbocycles. The molecule has 2 saturated heterocycles. The maximum atomic E-state index is 4.90. The fraction of sp³-hybridized carbons (Fsp3) is 0.667. The molecule has 2 heterocycles. The lowest BCUT2D eigenvalue weighted by Gasteiger charge is -2.20. The van der Waals surface area contributed by atoms with E-state index in [1.807, 2.05) is 0 Å². The van der Waals surface area contributed by atoms with Crippen molar-refractivity contribution in [1.29, 1.82) is 0 Å². The smallest absolute Gasteiger partial charge is 0.191 e. The number of halogens is 1. The highest BCUT2D eigenvalue weighted by molar-refractivity contribution is 14.0. The van der Waals surface area contributed by atoms with Crippen molar-refractivity contribution in [2.45, 2.75) is 39.2 Å². The molecule has 2 unspecified atom stereocenters. The lowest BCUT2D eigenvalue weighted by Crippen LogP contribution is -2.45. The lowest BCUT2D eigenvalue weighted by molar-refractivity contribution is 0.326. The van der Waals surface area contributed by atoms with E-state index >= 15 is 0 Å². The molecule has 2 fully saturated rings. The van der Waals surface area contributed by atoms with E-state index in [1.165, 1.54) is 38.2 Å². The van der Waals surface area contributed by atoms with Crippen LogP contribution in [0, 0.1) is 5.92 Å². The molecule has 5 nitrogen and oxygen atoms in total. The van der Waals surface area contributed by atoms with Crippen LogP contribution in [-0.4, -0.2) is 62.7 Å². The molecule has 0 spiro atoms. The van der Waals surface area contributed by atoms with Gasteiger partial charge in [-0.05, 0) is 57.3 Å². The summed E-state index contributed by atoms with van der Waals surface area (Å²) in [5, 5.41) is 7.09. The minimum absolute atomic E-state index is 0. The van der Waals surface area contributed by atoms with Gasteiger partial charge in [0.1, 0.15) is 0 Å². The number of aliphatic imine (C=N–C) groups is 1. The van der Waals surface area contributed by atoms with Crippen molar-refractivity contribution in [3.8, 4) is 0 Å². The van der Waals surface area contributed by atoms with Gasteiger partial charge in [-0.15, -0.1) is 24.0 Å². The monoisotopic (exact) mass is 485 g/mol. The van der Waals surface area contributed by atoms with Crippen molar-refractivity contribution in [2.24, 2.45) is 10.9 Å². The molecule has 3 rings (SSSR count). The Hall–Kier alpha value is -1.02. The van der Waals surface area contributed by atoms with Crippen LogP contribution in [0.4, 0.5) is 5.69 Å². The van der Waals surface area contributed by atoms with Crippen molar-refractivity contribution in [2.75, 3.05) is 50.7 Å². The number of benzene rings is 1. The number of hydrogen-bond donors (Lipinski definition) is 2. The number of nitrogens with zero attached hydrogens (tertiary/aromatic N) is 3. The predicted molar refractivity (Wildman–Crippen MR) is 126 cm³/mol. The first-order valence-electron chi connectivity index (χ1n) is 10.4. The SMILES string of the molecule is CCCN1CCC(CN=C(NCC)NC2CCN(c3ccccc3)C2)C1.I. The van der Waals surface area contributed by atoms with E-state index in [1.54, 1.807) is 0 Å². The first-order chi connectivity index (χ1) is 12.8. The number of likely N-dealkylation sites (tertiary alicyclic amines) is 1. The Kier molecular flexibility index (Phi) is 9.68. The molecule has 6 heteroatoms. The average molecular weight is 485 g/mol. The molecule has 2 aliphatic rings. The van der Waals surface area contributed by atoms with Gasteiger partial charge < -0.3 is 20.4 Å². The van der Waals surface area contributed by atoms with Gasteiger partial charge in [0, 0.05) is 44.5 Å². The highest BCUT2D eigenvalue weighted by Crippen LogP contribution is 2.20. The Morgan fingerprint density at radius 1 is 1.11 bits per heavy atom. The Morgan fingerprint density at radius 2 is 1.93 bits per heavy atom. The minimum Gasteiger partial charge on any atom is -0.369 e. The van der Waals surface area contributed by atoms with Gasteiger partial charge >= 0.3 is 0 Å². The standard InChI is InChI=1S/C21H35N5.HI/c1-3-12-25-13-10-18(16-25)15-23-21(22-4-2)24-19-11-14-26(17-19)20-8-6-5-7-9-20;/h5-9,18-19H,3-4,10-17H2,1-2H3,(H2,22,23,24);1H. The van der Waals surface area contributed by atoms with Gasteiger partial charge in [0.15, 0.2) is 5.96 Å². The molecule has 1 aromatic rings. The number of rotatable bonds is 7. The Morgan fingerprint density at radius 3 is 2.67 bits per heavy atom. The first-order valence-corrected chi connectivity index (χ1v) is 10.4. The molecular formula is C21H36IN5. The third-order valence-electron chi connectivity index (χ3n) is 5.41. The van der Waals surface area contributed by atoms with Gasteiger partial charge in [0.25, 0.3) is 0 Å². The highest BCUT2D eigenvalue weighted by Gasteiger charge is 2.24. The van der Waals surface area contributed by atoms with Gasteiger partial charge in [0.2, 0.25) is 0 Å². The Balaban J connectivity index is 0.00000261. The second-order valence-corrected chi connectivity index (χ2v) is 7.59. The molecule has 0 bridgehead atoms. The van der Waals surface area contributed by atoms with Crippen LogP contribution in [0.2, 0.25) is 0 Å². The van der Waals surface area contributed by atoms with Crippen molar-refractivity contribution in [1.82, 2.24) is 15.5 Å². The van der Waals surface area contributed by atoms with E-state index in [9.17, 15) is 0 Å². The molecule has 152 valence electrons. The van der Waals surface area contributed by atoms with Gasteiger partial charge in [-0.3, -0.25) is 4.99 Å². The zero-order chi connectivity index (χ0) is 18.2. The molecule has 2 N–H and O–H groups in total. The van der Waals surface area contributed by atoms with Crippen LogP contribution in [0.15, 0.2) is 35.3 Å². The second kappa shape index (κ2) is 11.7. The van der Waals surface area contributed by atoms with Gasteiger partial charge in [-0.25, -0.2) is 0 Å². The number of anilines is 1. The van der Waals surface area contributed by atoms with Crippen molar-refractivity contribution in [3.05, 3.63) is 30.3 Å². The molecule has 0 amide bonds. The average Bonchev–Trinajstić information content (AvgIpc) is 3.31. The quantitative estimate of drug-likeness (QED) is 0.354. The van der Waals surface area contributed by atoms with Crippen LogP contribution >= 0.6 is 24.0 Å². The van der Waals surface area contributed by atoms with Crippen LogP contribution in [0.25, 0.3) is 0 Å². The summed E-state index contributed by atoms with van der Waals surface area (Å²) in [7, 11) is 0. The molecular weight excluding hydrogens is 449 g/mol. The van der Waals surface area contributed by atoms with Gasteiger partial charge in [-0.2, -0.15) is 0 Å². The summed E-state index contributed by atoms with van der Waals surface area (Å²) in [6.07, 6.45) is 3.70. The number of nitrogens with one attached hydrogen (secondary N) is 2. The van der Waals surface area contributed by atoms with E-state index < -0.39 is 0 Å². The topological polar surface area (TPSA) is 42.9 Å². The van der Waals surface area contributed by atoms with Gasteiger partial charge in [-0.1, -0.05) is 25.1 Å². The summed E-state index contributed by atoms with van der Waals surface area (Å²) in [5.41, 5.74) is 1.32. The summed E-state index contributed by atoms with van der Waals surface area (Å²) in [6.45, 7) is 12.1. The first kappa shape index (κ1) is 22.3. The Bertz CT molecular complexity index is 565. The summed E-state index contributed by atoms with van der Waals surface area (Å²) < 4.78 is 0. The van der Waals surface area contributed by atoms with Crippen LogP contribution in [0.3, 0.4) is 0 Å². The van der Waals surface area contributed by atoms with Crippen LogP contribution < -0.4 is 15.5 Å². The lowest BCUT2D eigenvalue weighted by atomic mass is 10.1. The maximum Gasteiger partial charge on any atom is 0.191 e. The van der Waals surface area contributed by atoms with E-state index in [4.69, 9.17) is 4.99 Å². The fourth-order valence-electron chi connectivity index (χ4n) is 4.07. The van der Waals surface area contributed by atoms with Crippen molar-refractivity contribution < 1.29 is 0 Å². The molecule has 0 aliphatic carbocycles. The number of para-hydroxylation sites is 1. The fourth-order valence-corrected chi connectivity index (χ4v) is 4.07. The normalized spacial score (nSPS) is 23.3. The summed E-state index contributed by atoms with van der Waals surface area (Å²) >= 11 is 0. The van der Waals surface area contributed by atoms with E-state index in [2.05, 4.69) is 64.6 Å². The maximum absolute atomic E-state index is 4.90. The van der Waals surface area contributed by atoms with Crippen LogP contribution in [0.1, 0.15) is 33.1 Å². The molecule has 0 radical (unpaired) electrons. The molecule has 2 aliphatic heterocycles. The van der Waals surface area contributed by atoms with Crippen molar-refractivity contribution in [3.63, 3.8) is 0 Å². The second-order valence-electron chi connectivity index (χ2n) is 7.59. The van der Waals surface area contributed by atoms with E-state index in [0.29, 0.717) is 12.0 Å². The third-order valence-corrected chi connectivity index (χ3v) is 5.41. The van der Waals surface area contributed by atoms with Crippen molar-refractivity contribution >= 4 is 35.6 Å². The number of hydrogen-bond acceptors (Lipinski definition) is 3. The Labute approximate surface area is 182 Å². The van der Waals surface area contributed by atoms with Gasteiger partial charge in [0.05, 0.1) is 0 Å². The number of guanidine groups is 1. The van der Waals surface area contributed by atoms with Crippen LogP contribution in [0.5, 0.6) is 0 Å². The molecule has 0 aromatic heterocycles. The largest absolute Gasteiger partial charge is 0.369 e. The van der Waals surface area contributed by atoms with E-state index in [-0.39, 0.29) is 24.0 Å². The van der Waals surface area contributed by atoms with E-state index in [0.717, 1.165) is 38.6 Å². The predicted octanol–water partition coefficient (Wildman–Crippen LogP) is 3.17. The minimum atomic E-state index is 0. The zero-order valence-corrected chi connectivity index (χ0v) is 19.2. The molecule has 0 saturated carbocycles. The molecule has 27 heavy (non-hydrogen) atoms. The van der Waals surface area contributed by atoms with Crippen LogP contribution in [-0.2, 0) is 0 Å². The summed E-state index contributed by atoms with van der Waals surface area (Å²) in [6, 6.07) is 11.2. The molecule has 2 atom stereocenters. The zero-order valence-electron chi connectivity index (χ0n) is 16.9. The summed E-state index contributed by atoms with van der Waals surface area (Å²) in [4.78, 5) is 9.94. The third kappa shape index (κ3) is 6.82. The summed E-state index contributed by atoms with van der Waals surface area (Å²) in [5.74, 6) is 1.70.